The van der Waals surface area contributed by atoms with Crippen molar-refractivity contribution >= 4 is 21.8 Å². The van der Waals surface area contributed by atoms with E-state index in [0.717, 1.165) is 0 Å². The molecule has 7 heteroatoms. The van der Waals surface area contributed by atoms with Gasteiger partial charge < -0.3 is 15.7 Å². The zero-order valence-electron chi connectivity index (χ0n) is 9.55. The Labute approximate surface area is 116 Å². The second-order valence-electron chi connectivity index (χ2n) is 3.53. The molecule has 0 aliphatic carbocycles. The van der Waals surface area contributed by atoms with E-state index in [4.69, 9.17) is 15.7 Å². The summed E-state index contributed by atoms with van der Waals surface area (Å²) in [4.78, 5) is 3.90. The standard InChI is InChI=1S/C12H9BrFN3O2/c13-9-5-7(14)1-2-10(9)19-11-6-16-4-3-8(11)12(15)17-18/h1-6,18H,(H2,15,17). The number of aromatic nitrogens is 1. The molecule has 0 radical (unpaired) electrons. The normalized spacial score (nSPS) is 11.4. The van der Waals surface area contributed by atoms with Crippen LogP contribution in [0, 0.1) is 5.82 Å². The molecule has 5 nitrogen and oxygen atoms in total. The highest BCUT2D eigenvalue weighted by Gasteiger charge is 2.11. The van der Waals surface area contributed by atoms with Crippen molar-refractivity contribution in [3.8, 4) is 11.5 Å². The number of nitrogens with zero attached hydrogens (tertiary/aromatic N) is 2. The Morgan fingerprint density at radius 2 is 2.16 bits per heavy atom. The van der Waals surface area contributed by atoms with Crippen LogP contribution in [0.15, 0.2) is 46.3 Å². The molecule has 2 rings (SSSR count). The molecule has 0 bridgehead atoms. The Hall–Kier alpha value is -2.15. The van der Waals surface area contributed by atoms with Crippen LogP contribution in [-0.4, -0.2) is 16.0 Å². The number of benzene rings is 1. The van der Waals surface area contributed by atoms with Crippen molar-refractivity contribution < 1.29 is 14.3 Å². The fraction of sp³-hybridized carbons (Fsp3) is 0. The van der Waals surface area contributed by atoms with Crippen LogP contribution < -0.4 is 10.5 Å². The predicted octanol–water partition coefficient (Wildman–Crippen LogP) is 2.87. The Morgan fingerprint density at radius 3 is 2.84 bits per heavy atom. The summed E-state index contributed by atoms with van der Waals surface area (Å²) in [5.41, 5.74) is 5.91. The molecule has 1 heterocycles. The van der Waals surface area contributed by atoms with Crippen LogP contribution in [0.3, 0.4) is 0 Å². The van der Waals surface area contributed by atoms with Gasteiger partial charge in [0.1, 0.15) is 11.6 Å². The average molecular weight is 326 g/mol. The van der Waals surface area contributed by atoms with Crippen molar-refractivity contribution in [2.75, 3.05) is 0 Å². The van der Waals surface area contributed by atoms with Crippen molar-refractivity contribution in [3.63, 3.8) is 0 Å². The predicted molar refractivity (Wildman–Crippen MR) is 70.9 cm³/mol. The number of rotatable bonds is 3. The third-order valence-corrected chi connectivity index (χ3v) is 2.90. The number of nitrogens with two attached hydrogens (primary N) is 1. The summed E-state index contributed by atoms with van der Waals surface area (Å²) in [6.07, 6.45) is 2.91. The highest BCUT2D eigenvalue weighted by atomic mass is 79.9. The summed E-state index contributed by atoms with van der Waals surface area (Å²) in [5.74, 6) is 0.198. The van der Waals surface area contributed by atoms with Crippen molar-refractivity contribution in [2.45, 2.75) is 0 Å². The van der Waals surface area contributed by atoms with E-state index in [0.29, 0.717) is 21.5 Å². The Bertz CT molecular complexity index is 634. The first-order chi connectivity index (χ1) is 9.11. The van der Waals surface area contributed by atoms with Crippen LogP contribution in [0.2, 0.25) is 0 Å². The van der Waals surface area contributed by atoms with E-state index in [1.165, 1.54) is 30.6 Å². The number of amidine groups is 1. The van der Waals surface area contributed by atoms with E-state index >= 15 is 0 Å². The Morgan fingerprint density at radius 1 is 1.37 bits per heavy atom. The van der Waals surface area contributed by atoms with Gasteiger partial charge in [-0.2, -0.15) is 0 Å². The first-order valence-electron chi connectivity index (χ1n) is 5.16. The van der Waals surface area contributed by atoms with Crippen molar-refractivity contribution in [2.24, 2.45) is 10.9 Å². The smallest absolute Gasteiger partial charge is 0.173 e. The van der Waals surface area contributed by atoms with Crippen LogP contribution in [0.4, 0.5) is 4.39 Å². The molecule has 0 aliphatic heterocycles. The summed E-state index contributed by atoms with van der Waals surface area (Å²) in [7, 11) is 0. The number of ether oxygens (including phenoxy) is 1. The van der Waals surface area contributed by atoms with Gasteiger partial charge in [-0.1, -0.05) is 5.16 Å². The second-order valence-corrected chi connectivity index (χ2v) is 4.39. The molecule has 19 heavy (non-hydrogen) atoms. The molecule has 1 aromatic heterocycles. The summed E-state index contributed by atoms with van der Waals surface area (Å²) in [5, 5.41) is 11.6. The molecular formula is C12H9BrFN3O2. The van der Waals surface area contributed by atoms with E-state index in [2.05, 4.69) is 26.1 Å². The molecule has 3 N–H and O–H groups in total. The lowest BCUT2D eigenvalue weighted by Crippen LogP contribution is -2.14. The van der Waals surface area contributed by atoms with Gasteiger partial charge in [0.2, 0.25) is 0 Å². The molecule has 0 aliphatic rings. The lowest BCUT2D eigenvalue weighted by Gasteiger charge is -2.10. The van der Waals surface area contributed by atoms with Crippen molar-refractivity contribution in [1.82, 2.24) is 4.98 Å². The monoisotopic (exact) mass is 325 g/mol. The van der Waals surface area contributed by atoms with Crippen LogP contribution in [0.25, 0.3) is 0 Å². The first-order valence-corrected chi connectivity index (χ1v) is 5.96. The molecule has 98 valence electrons. The highest BCUT2D eigenvalue weighted by Crippen LogP contribution is 2.31. The maximum absolute atomic E-state index is 13.0. The molecule has 0 saturated carbocycles. The minimum atomic E-state index is -0.387. The van der Waals surface area contributed by atoms with Gasteiger partial charge >= 0.3 is 0 Å². The minimum absolute atomic E-state index is 0.101. The van der Waals surface area contributed by atoms with E-state index < -0.39 is 0 Å². The van der Waals surface area contributed by atoms with E-state index in [9.17, 15) is 4.39 Å². The van der Waals surface area contributed by atoms with Crippen LogP contribution in [0.5, 0.6) is 11.5 Å². The van der Waals surface area contributed by atoms with Gasteiger partial charge in [-0.15, -0.1) is 0 Å². The van der Waals surface area contributed by atoms with Gasteiger partial charge in [0.15, 0.2) is 11.6 Å². The van der Waals surface area contributed by atoms with E-state index in [-0.39, 0.29) is 11.7 Å². The van der Waals surface area contributed by atoms with Gasteiger partial charge in [0.05, 0.1) is 16.2 Å². The number of hydrogen-bond donors (Lipinski definition) is 2. The molecule has 0 amide bonds. The second kappa shape index (κ2) is 5.66. The van der Waals surface area contributed by atoms with Crippen LogP contribution >= 0.6 is 15.9 Å². The van der Waals surface area contributed by atoms with Gasteiger partial charge in [-0.05, 0) is 40.2 Å². The molecular weight excluding hydrogens is 317 g/mol. The van der Waals surface area contributed by atoms with Crippen LogP contribution in [0.1, 0.15) is 5.56 Å². The molecule has 0 atom stereocenters. The zero-order valence-corrected chi connectivity index (χ0v) is 11.1. The molecule has 0 saturated heterocycles. The van der Waals surface area contributed by atoms with E-state index in [1.54, 1.807) is 6.07 Å². The average Bonchev–Trinajstić information content (AvgIpc) is 2.41. The SMILES string of the molecule is N/C(=N/O)c1ccncc1Oc1ccc(F)cc1Br. The summed E-state index contributed by atoms with van der Waals surface area (Å²) in [6, 6.07) is 5.54. The largest absolute Gasteiger partial charge is 0.454 e. The van der Waals surface area contributed by atoms with Gasteiger partial charge in [0.25, 0.3) is 0 Å². The lowest BCUT2D eigenvalue weighted by molar-refractivity contribution is 0.318. The summed E-state index contributed by atoms with van der Waals surface area (Å²) < 4.78 is 19.0. The summed E-state index contributed by atoms with van der Waals surface area (Å²) in [6.45, 7) is 0. The quantitative estimate of drug-likeness (QED) is 0.393. The zero-order chi connectivity index (χ0) is 13.8. The third kappa shape index (κ3) is 3.00. The first kappa shape index (κ1) is 13.3. The van der Waals surface area contributed by atoms with Gasteiger partial charge in [-0.25, -0.2) is 4.39 Å². The van der Waals surface area contributed by atoms with Gasteiger partial charge in [-0.3, -0.25) is 4.98 Å². The fourth-order valence-corrected chi connectivity index (χ4v) is 1.84. The highest BCUT2D eigenvalue weighted by molar-refractivity contribution is 9.10. The molecule has 1 aromatic carbocycles. The number of pyridine rings is 1. The van der Waals surface area contributed by atoms with Crippen molar-refractivity contribution in [3.05, 3.63) is 52.5 Å². The maximum atomic E-state index is 13.0. The molecule has 0 spiro atoms. The lowest BCUT2D eigenvalue weighted by atomic mass is 10.2. The number of halogens is 2. The Kier molecular flexibility index (Phi) is 3.96. The topological polar surface area (TPSA) is 80.7 Å². The molecule has 0 fully saturated rings. The van der Waals surface area contributed by atoms with Crippen LogP contribution in [-0.2, 0) is 0 Å². The summed E-state index contributed by atoms with van der Waals surface area (Å²) >= 11 is 3.19. The minimum Gasteiger partial charge on any atom is -0.454 e. The van der Waals surface area contributed by atoms with Gasteiger partial charge in [0, 0.05) is 6.20 Å². The molecule has 2 aromatic rings. The molecule has 0 unspecified atom stereocenters. The maximum Gasteiger partial charge on any atom is 0.173 e. The Balaban J connectivity index is 2.38. The van der Waals surface area contributed by atoms with E-state index in [1.807, 2.05) is 0 Å². The third-order valence-electron chi connectivity index (χ3n) is 2.28. The number of hydrogen-bond acceptors (Lipinski definition) is 4. The van der Waals surface area contributed by atoms with Crippen molar-refractivity contribution in [1.29, 1.82) is 0 Å². The number of oxime groups is 1. The fourth-order valence-electron chi connectivity index (χ4n) is 1.40.